The zero-order valence-electron chi connectivity index (χ0n) is 16.5. The average Bonchev–Trinajstić information content (AvgIpc) is 3.24. The zero-order valence-corrected chi connectivity index (χ0v) is 16.5. The summed E-state index contributed by atoms with van der Waals surface area (Å²) in [5, 5.41) is 4.02. The van der Waals surface area contributed by atoms with Crippen LogP contribution in [0.2, 0.25) is 0 Å². The molecule has 1 aliphatic rings. The predicted molar refractivity (Wildman–Crippen MR) is 106 cm³/mol. The van der Waals surface area contributed by atoms with Gasteiger partial charge in [0.15, 0.2) is 5.82 Å². The summed E-state index contributed by atoms with van der Waals surface area (Å²) in [7, 11) is 0. The first kappa shape index (κ1) is 19.0. The fourth-order valence-electron chi connectivity index (χ4n) is 3.49. The predicted octanol–water partition coefficient (Wildman–Crippen LogP) is 3.31. The van der Waals surface area contributed by atoms with Crippen LogP contribution < -0.4 is 5.56 Å². The molecule has 0 radical (unpaired) electrons. The fraction of sp³-hybridized carbons (Fsp3) is 0.381. The van der Waals surface area contributed by atoms with Crippen molar-refractivity contribution in [1.82, 2.24) is 25.0 Å². The van der Waals surface area contributed by atoms with Crippen molar-refractivity contribution < 1.29 is 9.32 Å². The van der Waals surface area contributed by atoms with Crippen LogP contribution in [0.1, 0.15) is 67.1 Å². The lowest BCUT2D eigenvalue weighted by molar-refractivity contribution is 0.0559. The molecule has 1 aliphatic heterocycles. The second-order valence-corrected chi connectivity index (χ2v) is 7.50. The van der Waals surface area contributed by atoms with Gasteiger partial charge in [-0.2, -0.15) is 4.98 Å². The number of hydrogen-bond acceptors (Lipinski definition) is 6. The van der Waals surface area contributed by atoms with Crippen molar-refractivity contribution in [1.29, 1.82) is 0 Å². The molecule has 1 atom stereocenters. The summed E-state index contributed by atoms with van der Waals surface area (Å²) in [4.78, 5) is 38.9. The van der Waals surface area contributed by atoms with Gasteiger partial charge in [0, 0.05) is 24.2 Å². The summed E-state index contributed by atoms with van der Waals surface area (Å²) in [5.41, 5.74) is 0.341. The molecule has 0 saturated carbocycles. The Kier molecular flexibility index (Phi) is 5.24. The van der Waals surface area contributed by atoms with Gasteiger partial charge in [0.05, 0.1) is 0 Å². The van der Waals surface area contributed by atoms with Gasteiger partial charge in [-0.05, 0) is 19.3 Å². The monoisotopic (exact) mass is 393 g/mol. The van der Waals surface area contributed by atoms with E-state index in [-0.39, 0.29) is 23.4 Å². The molecule has 8 nitrogen and oxygen atoms in total. The summed E-state index contributed by atoms with van der Waals surface area (Å²) in [6.45, 7) is 4.50. The van der Waals surface area contributed by atoms with Gasteiger partial charge >= 0.3 is 0 Å². The number of rotatable bonds is 4. The molecular weight excluding hydrogens is 370 g/mol. The minimum atomic E-state index is -0.457. The molecule has 4 rings (SSSR count). The van der Waals surface area contributed by atoms with Crippen molar-refractivity contribution in [2.75, 3.05) is 6.54 Å². The number of carbonyl (C=O) groups is 1. The quantitative estimate of drug-likeness (QED) is 0.729. The van der Waals surface area contributed by atoms with Crippen LogP contribution >= 0.6 is 0 Å². The largest absolute Gasteiger partial charge is 0.337 e. The SMILES string of the molecule is CC(C)c1noc([C@@H]2CCCCN2C(=O)c2cnc(-c3ccccc3)[nH]c2=O)n1. The van der Waals surface area contributed by atoms with Gasteiger partial charge in [-0.15, -0.1) is 0 Å². The fourth-order valence-corrected chi connectivity index (χ4v) is 3.49. The Morgan fingerprint density at radius 3 is 2.72 bits per heavy atom. The number of aromatic amines is 1. The zero-order chi connectivity index (χ0) is 20.4. The number of hydrogen-bond donors (Lipinski definition) is 1. The molecule has 0 unspecified atom stereocenters. The minimum Gasteiger partial charge on any atom is -0.337 e. The Labute approximate surface area is 168 Å². The van der Waals surface area contributed by atoms with Crippen molar-refractivity contribution in [2.45, 2.75) is 45.1 Å². The molecule has 0 spiro atoms. The standard InChI is InChI=1S/C21H23N5O3/c1-13(2)17-24-20(29-25-17)16-10-6-7-11-26(16)21(28)15-12-22-18(23-19(15)27)14-8-4-3-5-9-14/h3-5,8-9,12-13,16H,6-7,10-11H2,1-2H3,(H,22,23,27)/t16-/m0/s1. The van der Waals surface area contributed by atoms with Crippen LogP contribution in [0.15, 0.2) is 45.8 Å². The van der Waals surface area contributed by atoms with Gasteiger partial charge < -0.3 is 14.4 Å². The van der Waals surface area contributed by atoms with Crippen LogP contribution in [0, 0.1) is 0 Å². The van der Waals surface area contributed by atoms with Gasteiger partial charge in [-0.25, -0.2) is 4.98 Å². The van der Waals surface area contributed by atoms with E-state index in [4.69, 9.17) is 4.52 Å². The lowest BCUT2D eigenvalue weighted by Gasteiger charge is -2.33. The maximum Gasteiger partial charge on any atom is 0.264 e. The molecule has 1 amide bonds. The third-order valence-electron chi connectivity index (χ3n) is 5.10. The van der Waals surface area contributed by atoms with E-state index < -0.39 is 5.56 Å². The topological polar surface area (TPSA) is 105 Å². The molecule has 1 N–H and O–H groups in total. The number of benzene rings is 1. The minimum absolute atomic E-state index is 0.0141. The van der Waals surface area contributed by atoms with Crippen molar-refractivity contribution in [3.8, 4) is 11.4 Å². The van der Waals surface area contributed by atoms with Crippen LogP contribution in [0.3, 0.4) is 0 Å². The number of amides is 1. The molecule has 29 heavy (non-hydrogen) atoms. The molecule has 1 aromatic carbocycles. The van der Waals surface area contributed by atoms with E-state index in [0.717, 1.165) is 24.8 Å². The van der Waals surface area contributed by atoms with Crippen molar-refractivity contribution in [2.24, 2.45) is 0 Å². The summed E-state index contributed by atoms with van der Waals surface area (Å²) in [6, 6.07) is 8.98. The number of H-pyrrole nitrogens is 1. The molecule has 2 aromatic heterocycles. The molecule has 1 fully saturated rings. The lowest BCUT2D eigenvalue weighted by Crippen LogP contribution is -2.41. The van der Waals surface area contributed by atoms with Crippen LogP contribution in [0.5, 0.6) is 0 Å². The van der Waals surface area contributed by atoms with E-state index in [2.05, 4.69) is 20.1 Å². The first-order chi connectivity index (χ1) is 14.0. The molecule has 0 bridgehead atoms. The summed E-state index contributed by atoms with van der Waals surface area (Å²) in [6.07, 6.45) is 3.89. The Morgan fingerprint density at radius 1 is 1.24 bits per heavy atom. The molecule has 8 heteroatoms. The third-order valence-corrected chi connectivity index (χ3v) is 5.10. The van der Waals surface area contributed by atoms with Crippen LogP contribution in [0.25, 0.3) is 11.4 Å². The van der Waals surface area contributed by atoms with Gasteiger partial charge in [0.25, 0.3) is 11.5 Å². The number of aromatic nitrogens is 4. The Morgan fingerprint density at radius 2 is 2.03 bits per heavy atom. The first-order valence-electron chi connectivity index (χ1n) is 9.84. The van der Waals surface area contributed by atoms with Crippen molar-refractivity contribution in [3.05, 3.63) is 64.2 Å². The van der Waals surface area contributed by atoms with Gasteiger partial charge in [-0.1, -0.05) is 49.3 Å². The lowest BCUT2D eigenvalue weighted by atomic mass is 10.0. The Balaban J connectivity index is 1.62. The normalized spacial score (nSPS) is 16.9. The third kappa shape index (κ3) is 3.83. The van der Waals surface area contributed by atoms with Crippen molar-refractivity contribution >= 4 is 5.91 Å². The number of carbonyl (C=O) groups excluding carboxylic acids is 1. The molecule has 3 heterocycles. The Bertz CT molecular complexity index is 1060. The highest BCUT2D eigenvalue weighted by molar-refractivity contribution is 5.94. The van der Waals surface area contributed by atoms with E-state index in [1.54, 1.807) is 4.90 Å². The maximum absolute atomic E-state index is 13.2. The van der Waals surface area contributed by atoms with Gasteiger partial charge in [0.2, 0.25) is 5.89 Å². The summed E-state index contributed by atoms with van der Waals surface area (Å²) >= 11 is 0. The second kappa shape index (κ2) is 7.98. The maximum atomic E-state index is 13.2. The molecular formula is C21H23N5O3. The second-order valence-electron chi connectivity index (χ2n) is 7.50. The highest BCUT2D eigenvalue weighted by atomic mass is 16.5. The summed E-state index contributed by atoms with van der Waals surface area (Å²) in [5.74, 6) is 1.24. The average molecular weight is 393 g/mol. The van der Waals surface area contributed by atoms with Crippen LogP contribution in [0.4, 0.5) is 0 Å². The van der Waals surface area contributed by atoms with Crippen molar-refractivity contribution in [3.63, 3.8) is 0 Å². The number of likely N-dealkylation sites (tertiary alicyclic amines) is 1. The highest BCUT2D eigenvalue weighted by Crippen LogP contribution is 2.31. The smallest absolute Gasteiger partial charge is 0.264 e. The molecule has 3 aromatic rings. The van der Waals surface area contributed by atoms with E-state index >= 15 is 0 Å². The van der Waals surface area contributed by atoms with Crippen LogP contribution in [-0.4, -0.2) is 37.5 Å². The summed E-state index contributed by atoms with van der Waals surface area (Å²) < 4.78 is 5.43. The van der Waals surface area contributed by atoms with Gasteiger partial charge in [0.1, 0.15) is 17.4 Å². The number of nitrogens with one attached hydrogen (secondary N) is 1. The molecule has 150 valence electrons. The number of nitrogens with zero attached hydrogens (tertiary/aromatic N) is 4. The first-order valence-corrected chi connectivity index (χ1v) is 9.84. The van der Waals surface area contributed by atoms with Crippen LogP contribution in [-0.2, 0) is 0 Å². The highest BCUT2D eigenvalue weighted by Gasteiger charge is 2.34. The van der Waals surface area contributed by atoms with E-state index in [1.165, 1.54) is 6.20 Å². The molecule has 1 saturated heterocycles. The number of piperidine rings is 1. The van der Waals surface area contributed by atoms with E-state index in [1.807, 2.05) is 44.2 Å². The van der Waals surface area contributed by atoms with E-state index in [9.17, 15) is 9.59 Å². The van der Waals surface area contributed by atoms with Gasteiger partial charge in [-0.3, -0.25) is 9.59 Å². The molecule has 0 aliphatic carbocycles. The van der Waals surface area contributed by atoms with E-state index in [0.29, 0.717) is 24.1 Å². The Hall–Kier alpha value is -3.29.